The number of benzene rings is 2. The van der Waals surface area contributed by atoms with Crippen molar-refractivity contribution in [3.05, 3.63) is 65.7 Å². The second-order valence-corrected chi connectivity index (χ2v) is 6.79. The fourth-order valence-electron chi connectivity index (χ4n) is 2.84. The van der Waals surface area contributed by atoms with Crippen molar-refractivity contribution in [2.75, 3.05) is 0 Å². The lowest BCUT2D eigenvalue weighted by molar-refractivity contribution is -0.137. The highest BCUT2D eigenvalue weighted by molar-refractivity contribution is 5.77. The first-order chi connectivity index (χ1) is 12.9. The van der Waals surface area contributed by atoms with E-state index in [0.29, 0.717) is 6.42 Å². The van der Waals surface area contributed by atoms with Crippen LogP contribution in [0, 0.1) is 0 Å². The maximum atomic E-state index is 12.3. The van der Waals surface area contributed by atoms with Crippen molar-refractivity contribution in [3.63, 3.8) is 0 Å². The molecule has 2 N–H and O–H groups in total. The molecule has 0 saturated carbocycles. The molecule has 1 amide bonds. The zero-order valence-electron chi connectivity index (χ0n) is 15.9. The highest BCUT2D eigenvalue weighted by Crippen LogP contribution is 2.21. The predicted octanol–water partition coefficient (Wildman–Crippen LogP) is 4.13. The number of hydrogen-bond donors (Lipinski definition) is 2. The van der Waals surface area contributed by atoms with E-state index in [9.17, 15) is 14.7 Å². The highest BCUT2D eigenvalue weighted by atomic mass is 16.5. The lowest BCUT2D eigenvalue weighted by atomic mass is 10.0. The minimum Gasteiger partial charge on any atom is -0.491 e. The van der Waals surface area contributed by atoms with Crippen molar-refractivity contribution in [2.45, 2.75) is 51.7 Å². The van der Waals surface area contributed by atoms with Gasteiger partial charge >= 0.3 is 5.97 Å². The summed E-state index contributed by atoms with van der Waals surface area (Å²) in [6.07, 6.45) is 1.81. The first-order valence-electron chi connectivity index (χ1n) is 9.25. The van der Waals surface area contributed by atoms with Crippen molar-refractivity contribution < 1.29 is 19.4 Å². The third kappa shape index (κ3) is 7.52. The molecule has 0 heterocycles. The van der Waals surface area contributed by atoms with Gasteiger partial charge in [-0.1, -0.05) is 42.5 Å². The SMILES string of the molecule is CC(C)Oc1ccc([C@H](CC(=O)O)NC(=O)CCCc2ccccc2)cc1. The summed E-state index contributed by atoms with van der Waals surface area (Å²) >= 11 is 0. The minimum absolute atomic E-state index is 0.0648. The number of aliphatic carboxylic acids is 1. The molecular formula is C22H27NO4. The molecule has 0 aromatic heterocycles. The fourth-order valence-corrected chi connectivity index (χ4v) is 2.84. The van der Waals surface area contributed by atoms with Gasteiger partial charge in [-0.25, -0.2) is 0 Å². The smallest absolute Gasteiger partial charge is 0.305 e. The van der Waals surface area contributed by atoms with Crippen LogP contribution >= 0.6 is 0 Å². The van der Waals surface area contributed by atoms with Crippen LogP contribution in [-0.2, 0) is 16.0 Å². The van der Waals surface area contributed by atoms with Crippen LogP contribution < -0.4 is 10.1 Å². The van der Waals surface area contributed by atoms with Gasteiger partial charge in [-0.3, -0.25) is 9.59 Å². The number of carbonyl (C=O) groups excluding carboxylic acids is 1. The second kappa shape index (κ2) is 10.4. The number of carbonyl (C=O) groups is 2. The summed E-state index contributed by atoms with van der Waals surface area (Å²) in [5.74, 6) is -0.371. The molecule has 144 valence electrons. The summed E-state index contributed by atoms with van der Waals surface area (Å²) in [5, 5.41) is 12.0. The number of hydrogen-bond acceptors (Lipinski definition) is 3. The van der Waals surface area contributed by atoms with Gasteiger partial charge in [0.2, 0.25) is 5.91 Å². The van der Waals surface area contributed by atoms with E-state index in [0.717, 1.165) is 24.2 Å². The zero-order chi connectivity index (χ0) is 19.6. The zero-order valence-corrected chi connectivity index (χ0v) is 15.9. The van der Waals surface area contributed by atoms with E-state index in [4.69, 9.17) is 4.74 Å². The van der Waals surface area contributed by atoms with Crippen molar-refractivity contribution in [2.24, 2.45) is 0 Å². The topological polar surface area (TPSA) is 75.6 Å². The molecule has 0 aliphatic carbocycles. The highest BCUT2D eigenvalue weighted by Gasteiger charge is 2.18. The molecule has 0 aliphatic heterocycles. The van der Waals surface area contributed by atoms with Crippen LogP contribution in [0.4, 0.5) is 0 Å². The third-order valence-corrected chi connectivity index (χ3v) is 4.08. The Morgan fingerprint density at radius 3 is 2.30 bits per heavy atom. The van der Waals surface area contributed by atoms with Crippen molar-refractivity contribution in [3.8, 4) is 5.75 Å². The standard InChI is InChI=1S/C22H27NO4/c1-16(2)27-19-13-11-18(12-14-19)20(15-22(25)26)23-21(24)10-6-9-17-7-4-3-5-8-17/h3-5,7-8,11-14,16,20H,6,9-10,15H2,1-2H3,(H,23,24)(H,25,26)/t20-/m0/s1. The lowest BCUT2D eigenvalue weighted by Gasteiger charge is -2.18. The van der Waals surface area contributed by atoms with Crippen LogP contribution in [0.25, 0.3) is 0 Å². The van der Waals surface area contributed by atoms with E-state index in [1.807, 2.05) is 44.2 Å². The Kier molecular flexibility index (Phi) is 7.86. The molecule has 2 aromatic rings. The van der Waals surface area contributed by atoms with E-state index in [1.54, 1.807) is 24.3 Å². The van der Waals surface area contributed by atoms with Gasteiger partial charge in [0, 0.05) is 6.42 Å². The van der Waals surface area contributed by atoms with Crippen LogP contribution in [0.3, 0.4) is 0 Å². The molecule has 2 rings (SSSR count). The number of carboxylic acid groups (broad SMARTS) is 1. The average molecular weight is 369 g/mol. The minimum atomic E-state index is -0.952. The Hall–Kier alpha value is -2.82. The molecule has 0 saturated heterocycles. The van der Waals surface area contributed by atoms with E-state index < -0.39 is 12.0 Å². The molecule has 0 unspecified atom stereocenters. The molecule has 0 bridgehead atoms. The molecular weight excluding hydrogens is 342 g/mol. The maximum Gasteiger partial charge on any atom is 0.305 e. The van der Waals surface area contributed by atoms with Gasteiger partial charge in [0.15, 0.2) is 0 Å². The second-order valence-electron chi connectivity index (χ2n) is 6.79. The molecule has 27 heavy (non-hydrogen) atoms. The van der Waals surface area contributed by atoms with E-state index in [2.05, 4.69) is 5.32 Å². The largest absolute Gasteiger partial charge is 0.491 e. The quantitative estimate of drug-likeness (QED) is 0.660. The van der Waals surface area contributed by atoms with Gasteiger partial charge in [-0.05, 0) is 49.9 Å². The first kappa shape index (κ1) is 20.5. The molecule has 0 aliphatic rings. The Morgan fingerprint density at radius 2 is 1.70 bits per heavy atom. The predicted molar refractivity (Wildman–Crippen MR) is 105 cm³/mol. The summed E-state index contributed by atoms with van der Waals surface area (Å²) in [5.41, 5.74) is 1.94. The molecule has 2 aromatic carbocycles. The van der Waals surface area contributed by atoms with Crippen molar-refractivity contribution in [1.29, 1.82) is 0 Å². The van der Waals surface area contributed by atoms with Crippen LogP contribution in [0.5, 0.6) is 5.75 Å². The van der Waals surface area contributed by atoms with Gasteiger partial charge in [-0.2, -0.15) is 0 Å². The normalized spacial score (nSPS) is 11.8. The van der Waals surface area contributed by atoms with Gasteiger partial charge < -0.3 is 15.2 Å². The fraction of sp³-hybridized carbons (Fsp3) is 0.364. The number of amides is 1. The molecule has 0 radical (unpaired) electrons. The summed E-state index contributed by atoms with van der Waals surface area (Å²) in [6.45, 7) is 3.88. The number of carboxylic acids is 1. The Morgan fingerprint density at radius 1 is 1.04 bits per heavy atom. The lowest BCUT2D eigenvalue weighted by Crippen LogP contribution is -2.30. The number of nitrogens with one attached hydrogen (secondary N) is 1. The summed E-state index contributed by atoms with van der Waals surface area (Å²) in [7, 11) is 0. The Labute approximate surface area is 160 Å². The van der Waals surface area contributed by atoms with Gasteiger partial charge in [0.25, 0.3) is 0 Å². The van der Waals surface area contributed by atoms with Crippen molar-refractivity contribution >= 4 is 11.9 Å². The van der Waals surface area contributed by atoms with Crippen LogP contribution in [0.1, 0.15) is 50.3 Å². The van der Waals surface area contributed by atoms with E-state index in [1.165, 1.54) is 5.56 Å². The average Bonchev–Trinajstić information content (AvgIpc) is 2.62. The molecule has 5 heteroatoms. The Balaban J connectivity index is 1.92. The molecule has 5 nitrogen and oxygen atoms in total. The summed E-state index contributed by atoms with van der Waals surface area (Å²) < 4.78 is 5.60. The Bertz CT molecular complexity index is 726. The third-order valence-electron chi connectivity index (χ3n) is 4.08. The molecule has 0 fully saturated rings. The van der Waals surface area contributed by atoms with E-state index in [-0.39, 0.29) is 18.4 Å². The van der Waals surface area contributed by atoms with E-state index >= 15 is 0 Å². The van der Waals surface area contributed by atoms with Gasteiger partial charge in [-0.15, -0.1) is 0 Å². The molecule has 0 spiro atoms. The van der Waals surface area contributed by atoms with Crippen LogP contribution in [-0.4, -0.2) is 23.1 Å². The first-order valence-corrected chi connectivity index (χ1v) is 9.25. The summed E-state index contributed by atoms with van der Waals surface area (Å²) in [6, 6.07) is 16.6. The number of rotatable bonds is 10. The van der Waals surface area contributed by atoms with Crippen molar-refractivity contribution in [1.82, 2.24) is 5.32 Å². The molecule has 1 atom stereocenters. The number of aryl methyl sites for hydroxylation is 1. The van der Waals surface area contributed by atoms with Gasteiger partial charge in [0.05, 0.1) is 18.6 Å². The van der Waals surface area contributed by atoms with Crippen LogP contribution in [0.15, 0.2) is 54.6 Å². The maximum absolute atomic E-state index is 12.3. The number of ether oxygens (including phenoxy) is 1. The summed E-state index contributed by atoms with van der Waals surface area (Å²) in [4.78, 5) is 23.5. The van der Waals surface area contributed by atoms with Crippen LogP contribution in [0.2, 0.25) is 0 Å². The monoisotopic (exact) mass is 369 g/mol. The van der Waals surface area contributed by atoms with Gasteiger partial charge in [0.1, 0.15) is 5.75 Å².